The van der Waals surface area contributed by atoms with Crippen LogP contribution in [0.4, 0.5) is 5.82 Å². The molecule has 0 unspecified atom stereocenters. The zero-order chi connectivity index (χ0) is 19.8. The van der Waals surface area contributed by atoms with Gasteiger partial charge in [-0.3, -0.25) is 4.79 Å². The average Bonchev–Trinajstić information content (AvgIpc) is 2.89. The van der Waals surface area contributed by atoms with Crippen LogP contribution in [-0.2, 0) is 6.42 Å². The summed E-state index contributed by atoms with van der Waals surface area (Å²) in [6.07, 6.45) is 4.90. The number of halogens is 1. The molecule has 7 nitrogen and oxygen atoms in total. The first kappa shape index (κ1) is 18.8. The Labute approximate surface area is 168 Å². The van der Waals surface area contributed by atoms with Crippen LogP contribution in [0.15, 0.2) is 18.3 Å². The van der Waals surface area contributed by atoms with Gasteiger partial charge in [-0.1, -0.05) is 11.6 Å². The molecule has 4 rings (SSSR count). The molecule has 1 amide bonds. The quantitative estimate of drug-likeness (QED) is 0.823. The topological polar surface area (TPSA) is 89.5 Å². The summed E-state index contributed by atoms with van der Waals surface area (Å²) in [4.78, 5) is 35.9. The first-order valence-electron chi connectivity index (χ1n) is 9.58. The third kappa shape index (κ3) is 3.35. The normalized spacial score (nSPS) is 18.1. The van der Waals surface area contributed by atoms with E-state index in [-0.39, 0.29) is 17.5 Å². The van der Waals surface area contributed by atoms with Crippen LogP contribution in [0.1, 0.15) is 51.4 Å². The Bertz CT molecular complexity index is 918. The molecule has 0 spiro atoms. The molecule has 1 fully saturated rings. The Balaban J connectivity index is 1.47. The molecule has 2 aliphatic rings. The molecule has 4 heterocycles. The fourth-order valence-corrected chi connectivity index (χ4v) is 4.46. The van der Waals surface area contributed by atoms with E-state index in [1.54, 1.807) is 6.07 Å². The second kappa shape index (κ2) is 7.47. The number of rotatable bonds is 3. The van der Waals surface area contributed by atoms with Crippen LogP contribution >= 0.6 is 11.6 Å². The number of carbonyl (C=O) groups excluding carboxylic acids is 1. The maximum absolute atomic E-state index is 13.1. The average molecular weight is 403 g/mol. The first-order valence-corrected chi connectivity index (χ1v) is 9.95. The van der Waals surface area contributed by atoms with Crippen LogP contribution in [0.3, 0.4) is 0 Å². The van der Waals surface area contributed by atoms with E-state index in [0.717, 1.165) is 56.6 Å². The minimum absolute atomic E-state index is 0.0342. The highest BCUT2D eigenvalue weighted by Gasteiger charge is 2.33. The second-order valence-corrected chi connectivity index (χ2v) is 7.82. The summed E-state index contributed by atoms with van der Waals surface area (Å²) in [5, 5.41) is 9.86. The van der Waals surface area contributed by atoms with Gasteiger partial charge in [0, 0.05) is 43.1 Å². The van der Waals surface area contributed by atoms with E-state index >= 15 is 0 Å². The fourth-order valence-electron chi connectivity index (χ4n) is 4.22. The highest BCUT2D eigenvalue weighted by atomic mass is 35.5. The maximum atomic E-state index is 13.1. The van der Waals surface area contributed by atoms with Crippen LogP contribution in [0.2, 0.25) is 5.02 Å². The van der Waals surface area contributed by atoms with Gasteiger partial charge in [0.15, 0.2) is 0 Å². The highest BCUT2D eigenvalue weighted by molar-refractivity contribution is 6.32. The fraction of sp³-hybridized carbons (Fsp3) is 0.450. The van der Waals surface area contributed by atoms with E-state index in [4.69, 9.17) is 11.6 Å². The molecule has 28 heavy (non-hydrogen) atoms. The molecule has 148 valence electrons. The molecule has 8 heteroatoms. The van der Waals surface area contributed by atoms with Gasteiger partial charge in [-0.15, -0.1) is 0 Å². The monoisotopic (exact) mass is 402 g/mol. The van der Waals surface area contributed by atoms with Crippen LogP contribution < -0.4 is 4.90 Å². The summed E-state index contributed by atoms with van der Waals surface area (Å²) in [5.41, 5.74) is 2.67. The van der Waals surface area contributed by atoms with E-state index in [1.165, 1.54) is 12.3 Å². The number of piperidine rings is 1. The number of H-pyrrole nitrogens is 1. The van der Waals surface area contributed by atoms with Gasteiger partial charge in [0.1, 0.15) is 11.5 Å². The van der Waals surface area contributed by atoms with E-state index in [0.29, 0.717) is 16.5 Å². The summed E-state index contributed by atoms with van der Waals surface area (Å²) in [6, 6.07) is 3.27. The van der Waals surface area contributed by atoms with Gasteiger partial charge in [0.05, 0.1) is 10.6 Å². The van der Waals surface area contributed by atoms with Gasteiger partial charge in [0.2, 0.25) is 0 Å². The number of nitrogens with zero attached hydrogens (tertiary/aromatic N) is 3. The lowest BCUT2D eigenvalue weighted by Crippen LogP contribution is -2.47. The van der Waals surface area contributed by atoms with Crippen molar-refractivity contribution >= 4 is 29.3 Å². The number of aromatic nitrogens is 2. The van der Waals surface area contributed by atoms with Crippen molar-refractivity contribution in [1.82, 2.24) is 14.9 Å². The molecule has 0 saturated carbocycles. The molecule has 0 aromatic carbocycles. The van der Waals surface area contributed by atoms with Gasteiger partial charge < -0.3 is 19.9 Å². The molecular weight excluding hydrogens is 380 g/mol. The first-order chi connectivity index (χ1) is 13.5. The molecule has 2 aromatic heterocycles. The van der Waals surface area contributed by atoms with Crippen molar-refractivity contribution in [3.63, 3.8) is 0 Å². The van der Waals surface area contributed by atoms with Gasteiger partial charge in [-0.2, -0.15) is 0 Å². The summed E-state index contributed by atoms with van der Waals surface area (Å²) in [6.45, 7) is 4.10. The Kier molecular flexibility index (Phi) is 5.02. The molecule has 0 bridgehead atoms. The largest absolute Gasteiger partial charge is 0.478 e. The van der Waals surface area contributed by atoms with E-state index in [1.807, 2.05) is 11.8 Å². The van der Waals surface area contributed by atoms with Gasteiger partial charge in [-0.25, -0.2) is 9.78 Å². The highest BCUT2D eigenvalue weighted by Crippen LogP contribution is 2.31. The lowest BCUT2D eigenvalue weighted by Gasteiger charge is -2.38. The summed E-state index contributed by atoms with van der Waals surface area (Å²) >= 11 is 6.36. The number of pyridine rings is 1. The molecule has 2 aliphatic heterocycles. The number of carboxylic acids is 1. The number of carboxylic acid groups (broad SMARTS) is 1. The number of amides is 1. The summed E-state index contributed by atoms with van der Waals surface area (Å²) < 4.78 is 0. The Morgan fingerprint density at radius 1 is 1.32 bits per heavy atom. The van der Waals surface area contributed by atoms with E-state index in [9.17, 15) is 14.7 Å². The predicted octanol–water partition coefficient (Wildman–Crippen LogP) is 3.13. The Morgan fingerprint density at radius 2 is 2.07 bits per heavy atom. The van der Waals surface area contributed by atoms with Gasteiger partial charge in [-0.05, 0) is 44.7 Å². The zero-order valence-corrected chi connectivity index (χ0v) is 16.5. The number of hydrogen-bond donors (Lipinski definition) is 2. The van der Waals surface area contributed by atoms with Crippen molar-refractivity contribution in [2.45, 2.75) is 38.6 Å². The molecule has 0 radical (unpaired) electrons. The van der Waals surface area contributed by atoms with Crippen molar-refractivity contribution < 1.29 is 14.7 Å². The predicted molar refractivity (Wildman–Crippen MR) is 106 cm³/mol. The van der Waals surface area contributed by atoms with Gasteiger partial charge >= 0.3 is 5.97 Å². The van der Waals surface area contributed by atoms with Crippen LogP contribution in [-0.4, -0.2) is 57.5 Å². The number of carbonyl (C=O) groups is 2. The number of aromatic carboxylic acids is 1. The summed E-state index contributed by atoms with van der Waals surface area (Å²) in [5.74, 6) is -0.244. The molecule has 2 aromatic rings. The minimum Gasteiger partial charge on any atom is -0.478 e. The van der Waals surface area contributed by atoms with Crippen molar-refractivity contribution in [3.8, 4) is 0 Å². The molecular formula is C20H23ClN4O3. The van der Waals surface area contributed by atoms with Crippen LogP contribution in [0.5, 0.6) is 0 Å². The number of aromatic amines is 1. The molecule has 1 saturated heterocycles. The molecule has 2 N–H and O–H groups in total. The number of anilines is 1. The lowest BCUT2D eigenvalue weighted by molar-refractivity contribution is 0.0648. The standard InChI is InChI=1S/C20H23ClN4O3/c1-12-17(21)15-3-2-8-25(19(26)18(15)23-12)14-5-9-24(10-6-14)16-11-13(20(27)28)4-7-22-16/h4,7,11,14,23H,2-3,5-6,8-10H2,1H3,(H,27,28). The molecule has 0 aliphatic carbocycles. The lowest BCUT2D eigenvalue weighted by atomic mass is 10.0. The van der Waals surface area contributed by atoms with E-state index < -0.39 is 5.97 Å². The zero-order valence-electron chi connectivity index (χ0n) is 15.7. The maximum Gasteiger partial charge on any atom is 0.335 e. The minimum atomic E-state index is -0.954. The number of nitrogens with one attached hydrogen (secondary N) is 1. The van der Waals surface area contributed by atoms with Crippen molar-refractivity contribution in [1.29, 1.82) is 0 Å². The van der Waals surface area contributed by atoms with Crippen LogP contribution in [0.25, 0.3) is 0 Å². The Hall–Kier alpha value is -2.54. The SMILES string of the molecule is Cc1[nH]c2c(c1Cl)CCCN(C1CCN(c3cc(C(=O)O)ccn3)CC1)C2=O. The van der Waals surface area contributed by atoms with E-state index in [2.05, 4.69) is 14.9 Å². The van der Waals surface area contributed by atoms with Crippen LogP contribution in [0, 0.1) is 6.92 Å². The van der Waals surface area contributed by atoms with Crippen molar-refractivity contribution in [3.05, 3.63) is 45.9 Å². The summed E-state index contributed by atoms with van der Waals surface area (Å²) in [7, 11) is 0. The smallest absolute Gasteiger partial charge is 0.335 e. The van der Waals surface area contributed by atoms with Crippen molar-refractivity contribution in [2.75, 3.05) is 24.5 Å². The van der Waals surface area contributed by atoms with Crippen molar-refractivity contribution in [2.24, 2.45) is 0 Å². The second-order valence-electron chi connectivity index (χ2n) is 7.45. The number of aryl methyl sites for hydroxylation is 1. The molecule has 0 atom stereocenters. The third-order valence-electron chi connectivity index (χ3n) is 5.73. The number of fused-ring (bicyclic) bond motifs is 1. The number of hydrogen-bond acceptors (Lipinski definition) is 4. The Morgan fingerprint density at radius 3 is 2.79 bits per heavy atom. The third-order valence-corrected chi connectivity index (χ3v) is 6.24. The van der Waals surface area contributed by atoms with Gasteiger partial charge in [0.25, 0.3) is 5.91 Å².